The van der Waals surface area contributed by atoms with E-state index < -0.39 is 6.10 Å². The number of carbonyl (C=O) groups excluding carboxylic acids is 2. The molecule has 178 valence electrons. The van der Waals surface area contributed by atoms with E-state index in [-0.39, 0.29) is 24.2 Å². The van der Waals surface area contributed by atoms with Gasteiger partial charge in [0, 0.05) is 75.2 Å². The van der Waals surface area contributed by atoms with E-state index in [1.165, 1.54) is 16.2 Å². The summed E-state index contributed by atoms with van der Waals surface area (Å²) in [5, 5.41) is 14.5. The molecule has 1 fully saturated rings. The zero-order valence-corrected chi connectivity index (χ0v) is 19.8. The van der Waals surface area contributed by atoms with Crippen LogP contribution in [-0.2, 0) is 17.8 Å². The monoisotopic (exact) mass is 472 g/mol. The first-order valence-corrected chi connectivity index (χ1v) is 12.3. The Hall–Kier alpha value is -2.56. The van der Waals surface area contributed by atoms with E-state index >= 15 is 0 Å². The van der Waals surface area contributed by atoms with Gasteiger partial charge >= 0.3 is 0 Å². The van der Waals surface area contributed by atoms with Crippen molar-refractivity contribution in [2.75, 3.05) is 37.2 Å². The fourth-order valence-electron chi connectivity index (χ4n) is 4.49. The Balaban J connectivity index is 1.23. The van der Waals surface area contributed by atoms with Crippen molar-refractivity contribution >= 4 is 34.0 Å². The molecule has 0 spiro atoms. The number of Topliss-reactive ketones (excluding diaryl/α,β-unsaturated/α-hetero) is 1. The summed E-state index contributed by atoms with van der Waals surface area (Å²) in [7, 11) is 0. The van der Waals surface area contributed by atoms with Gasteiger partial charge in [0.05, 0.1) is 11.8 Å². The van der Waals surface area contributed by atoms with Crippen LogP contribution in [0.4, 0.5) is 10.9 Å². The van der Waals surface area contributed by atoms with E-state index in [0.29, 0.717) is 29.5 Å². The predicted molar refractivity (Wildman–Crippen MR) is 128 cm³/mol. The number of carbonyl (C=O) groups is 2. The molecule has 10 heteroatoms. The number of nitrogens with two attached hydrogens (primary N) is 1. The van der Waals surface area contributed by atoms with Crippen LogP contribution in [0, 0.1) is 0 Å². The normalized spacial score (nSPS) is 18.1. The molecule has 0 bridgehead atoms. The number of rotatable bonds is 8. The number of aliphatic hydroxyl groups is 1. The molecule has 0 aromatic carbocycles. The van der Waals surface area contributed by atoms with Crippen LogP contribution in [0.3, 0.4) is 0 Å². The second-order valence-electron chi connectivity index (χ2n) is 8.88. The molecule has 1 atom stereocenters. The number of aromatic nitrogens is 2. The molecule has 4 rings (SSSR count). The lowest BCUT2D eigenvalue weighted by molar-refractivity contribution is -0.129. The minimum absolute atomic E-state index is 0.00191. The molecule has 2 aliphatic heterocycles. The fraction of sp³-hybridized carbons (Fsp3) is 0.565. The van der Waals surface area contributed by atoms with Crippen LogP contribution in [0.25, 0.3) is 0 Å². The highest BCUT2D eigenvalue weighted by molar-refractivity contribution is 7.15. The first kappa shape index (κ1) is 23.6. The van der Waals surface area contributed by atoms with E-state index in [1.54, 1.807) is 25.3 Å². The van der Waals surface area contributed by atoms with Gasteiger partial charge in [-0.25, -0.2) is 9.97 Å². The molecule has 1 amide bonds. The van der Waals surface area contributed by atoms with Crippen LogP contribution in [0.15, 0.2) is 18.3 Å². The van der Waals surface area contributed by atoms with Crippen molar-refractivity contribution in [1.82, 2.24) is 19.8 Å². The molecule has 2 aromatic rings. The number of β-amino-alcohol motifs (C(OH)–C–C–N with tert-alkyl or cyclic N) is 1. The van der Waals surface area contributed by atoms with Gasteiger partial charge in [-0.15, -0.1) is 11.3 Å². The number of fused-ring (bicyclic) bond motifs is 1. The second-order valence-corrected chi connectivity index (χ2v) is 9.99. The number of hydrogen-bond acceptors (Lipinski definition) is 9. The Morgan fingerprint density at radius 3 is 2.88 bits per heavy atom. The zero-order chi connectivity index (χ0) is 23.4. The average Bonchev–Trinajstić information content (AvgIpc) is 3.17. The SMILES string of the molecule is CC(=O)N1CCC(Nc2cc(C(=O)CC[C@H](O)CN3CCc4nc(N)sc4C3)ccn2)CC1. The van der Waals surface area contributed by atoms with Crippen molar-refractivity contribution in [3.8, 4) is 0 Å². The summed E-state index contributed by atoms with van der Waals surface area (Å²) in [5.74, 6) is 0.789. The third kappa shape index (κ3) is 6.27. The number of hydrogen-bond donors (Lipinski definition) is 3. The Kier molecular flexibility index (Phi) is 7.56. The van der Waals surface area contributed by atoms with E-state index in [9.17, 15) is 14.7 Å². The van der Waals surface area contributed by atoms with E-state index in [1.807, 2.05) is 4.90 Å². The molecule has 33 heavy (non-hydrogen) atoms. The first-order chi connectivity index (χ1) is 15.9. The molecule has 9 nitrogen and oxygen atoms in total. The van der Waals surface area contributed by atoms with Crippen molar-refractivity contribution in [2.24, 2.45) is 0 Å². The molecule has 2 aromatic heterocycles. The van der Waals surface area contributed by atoms with Gasteiger partial charge in [-0.2, -0.15) is 0 Å². The van der Waals surface area contributed by atoms with Crippen molar-refractivity contribution in [1.29, 1.82) is 0 Å². The maximum absolute atomic E-state index is 12.7. The van der Waals surface area contributed by atoms with Gasteiger partial charge in [-0.1, -0.05) is 0 Å². The van der Waals surface area contributed by atoms with Crippen LogP contribution in [0.2, 0.25) is 0 Å². The number of nitrogens with zero attached hydrogens (tertiary/aromatic N) is 4. The van der Waals surface area contributed by atoms with Crippen LogP contribution in [0.1, 0.15) is 53.5 Å². The minimum Gasteiger partial charge on any atom is -0.392 e. The van der Waals surface area contributed by atoms with Gasteiger partial charge in [-0.3, -0.25) is 14.5 Å². The summed E-state index contributed by atoms with van der Waals surface area (Å²) in [6, 6.07) is 3.74. The van der Waals surface area contributed by atoms with Crippen molar-refractivity contribution < 1.29 is 14.7 Å². The number of nitrogens with one attached hydrogen (secondary N) is 1. The Morgan fingerprint density at radius 2 is 2.12 bits per heavy atom. The molecular weight excluding hydrogens is 440 g/mol. The second kappa shape index (κ2) is 10.6. The molecule has 4 heterocycles. The fourth-order valence-corrected chi connectivity index (χ4v) is 5.41. The number of likely N-dealkylation sites (tertiary alicyclic amines) is 1. The molecule has 0 radical (unpaired) electrons. The highest BCUT2D eigenvalue weighted by Gasteiger charge is 2.23. The number of piperidine rings is 1. The van der Waals surface area contributed by atoms with E-state index in [2.05, 4.69) is 20.2 Å². The third-order valence-corrected chi connectivity index (χ3v) is 7.29. The minimum atomic E-state index is -0.563. The van der Waals surface area contributed by atoms with Crippen LogP contribution < -0.4 is 11.1 Å². The molecule has 1 saturated heterocycles. The average molecular weight is 473 g/mol. The smallest absolute Gasteiger partial charge is 0.219 e. The predicted octanol–water partition coefficient (Wildman–Crippen LogP) is 1.93. The number of ketones is 1. The lowest BCUT2D eigenvalue weighted by Gasteiger charge is -2.32. The summed E-state index contributed by atoms with van der Waals surface area (Å²) in [6.45, 7) is 5.19. The van der Waals surface area contributed by atoms with Crippen molar-refractivity contribution in [3.05, 3.63) is 34.5 Å². The molecule has 2 aliphatic rings. The molecule has 4 N–H and O–H groups in total. The van der Waals surface area contributed by atoms with Gasteiger partial charge in [0.2, 0.25) is 5.91 Å². The van der Waals surface area contributed by atoms with Crippen molar-refractivity contribution in [3.63, 3.8) is 0 Å². The van der Waals surface area contributed by atoms with Crippen LogP contribution in [-0.4, -0.2) is 74.9 Å². The number of nitrogen functional groups attached to an aromatic ring is 1. The standard InChI is InChI=1S/C23H32N6O3S/c1-15(30)29-10-5-17(6-11-29)26-22-12-16(4-8-25-22)20(32)3-2-18(31)13-28-9-7-19-21(14-28)33-23(24)27-19/h4,8,12,17-18,31H,2-3,5-7,9-11,13-14H2,1H3,(H2,24,27)(H,25,26)/t18-/m0/s1. The van der Waals surface area contributed by atoms with Gasteiger partial charge in [0.15, 0.2) is 10.9 Å². The lowest BCUT2D eigenvalue weighted by Crippen LogP contribution is -2.41. The van der Waals surface area contributed by atoms with Crippen LogP contribution in [0.5, 0.6) is 0 Å². The lowest BCUT2D eigenvalue weighted by atomic mass is 10.0. The van der Waals surface area contributed by atoms with E-state index in [0.717, 1.165) is 51.1 Å². The Bertz CT molecular complexity index is 988. The van der Waals surface area contributed by atoms with Gasteiger partial charge in [0.1, 0.15) is 5.82 Å². The molecule has 0 unspecified atom stereocenters. The van der Waals surface area contributed by atoms with Crippen LogP contribution >= 0.6 is 11.3 Å². The number of aliphatic hydroxyl groups excluding tert-OH is 1. The summed E-state index contributed by atoms with van der Waals surface area (Å²) >= 11 is 1.51. The molecular formula is C23H32N6O3S. The van der Waals surface area contributed by atoms with Crippen molar-refractivity contribution in [2.45, 2.75) is 57.7 Å². The number of thiazole rings is 1. The Morgan fingerprint density at radius 1 is 1.33 bits per heavy atom. The Labute approximate surface area is 198 Å². The maximum Gasteiger partial charge on any atom is 0.219 e. The zero-order valence-electron chi connectivity index (χ0n) is 19.0. The summed E-state index contributed by atoms with van der Waals surface area (Å²) in [5.41, 5.74) is 7.47. The quantitative estimate of drug-likeness (QED) is 0.498. The summed E-state index contributed by atoms with van der Waals surface area (Å²) in [4.78, 5) is 38.1. The largest absolute Gasteiger partial charge is 0.392 e. The topological polar surface area (TPSA) is 125 Å². The van der Waals surface area contributed by atoms with Gasteiger partial charge in [0.25, 0.3) is 0 Å². The highest BCUT2D eigenvalue weighted by Crippen LogP contribution is 2.26. The highest BCUT2D eigenvalue weighted by atomic mass is 32.1. The summed E-state index contributed by atoms with van der Waals surface area (Å²) in [6.07, 6.45) is 4.34. The van der Waals surface area contributed by atoms with E-state index in [4.69, 9.17) is 5.73 Å². The summed E-state index contributed by atoms with van der Waals surface area (Å²) < 4.78 is 0. The number of amides is 1. The molecule has 0 aliphatic carbocycles. The van der Waals surface area contributed by atoms with Gasteiger partial charge in [-0.05, 0) is 31.4 Å². The first-order valence-electron chi connectivity index (χ1n) is 11.5. The van der Waals surface area contributed by atoms with Gasteiger partial charge < -0.3 is 21.1 Å². The maximum atomic E-state index is 12.7. The third-order valence-electron chi connectivity index (χ3n) is 6.37. The molecule has 0 saturated carbocycles. The number of anilines is 2. The number of pyridine rings is 1.